The summed E-state index contributed by atoms with van der Waals surface area (Å²) >= 11 is 0. The zero-order valence-electron chi connectivity index (χ0n) is 12.0. The lowest BCUT2D eigenvalue weighted by Gasteiger charge is -2.35. The van der Waals surface area contributed by atoms with Crippen LogP contribution in [0.1, 0.15) is 70.6 Å². The van der Waals surface area contributed by atoms with E-state index in [9.17, 15) is 4.79 Å². The van der Waals surface area contributed by atoms with Crippen molar-refractivity contribution in [3.63, 3.8) is 0 Å². The smallest absolute Gasteiger partial charge is 0.224 e. The Labute approximate surface area is 116 Å². The third-order valence-electron chi connectivity index (χ3n) is 6.28. The standard InChI is InChI=1S/C16H28N2O/c17-14(19)16(9-3-4-10-16)12-18-13-6-5-11-15(13)7-1-2-8-15/h13,18H,1-12H2,(H2,17,19). The molecule has 1 unspecified atom stereocenters. The van der Waals surface area contributed by atoms with E-state index in [1.54, 1.807) is 0 Å². The van der Waals surface area contributed by atoms with E-state index in [-0.39, 0.29) is 11.3 Å². The lowest BCUT2D eigenvalue weighted by Crippen LogP contribution is -2.49. The van der Waals surface area contributed by atoms with E-state index in [0.717, 1.165) is 19.4 Å². The van der Waals surface area contributed by atoms with Gasteiger partial charge in [-0.2, -0.15) is 0 Å². The quantitative estimate of drug-likeness (QED) is 0.820. The van der Waals surface area contributed by atoms with E-state index in [1.807, 2.05) is 0 Å². The highest BCUT2D eigenvalue weighted by Crippen LogP contribution is 2.51. The number of carbonyl (C=O) groups excluding carboxylic acids is 1. The summed E-state index contributed by atoms with van der Waals surface area (Å²) in [5.74, 6) is -0.0732. The van der Waals surface area contributed by atoms with E-state index < -0.39 is 0 Å². The highest BCUT2D eigenvalue weighted by molar-refractivity contribution is 5.81. The molecule has 3 aliphatic carbocycles. The molecule has 19 heavy (non-hydrogen) atoms. The second kappa shape index (κ2) is 5.08. The number of hydrogen-bond acceptors (Lipinski definition) is 2. The minimum atomic E-state index is -0.234. The van der Waals surface area contributed by atoms with Gasteiger partial charge in [-0.3, -0.25) is 4.79 Å². The van der Waals surface area contributed by atoms with Crippen LogP contribution in [-0.4, -0.2) is 18.5 Å². The fraction of sp³-hybridized carbons (Fsp3) is 0.938. The molecular formula is C16H28N2O. The number of primary amides is 1. The summed E-state index contributed by atoms with van der Waals surface area (Å²) in [4.78, 5) is 11.8. The van der Waals surface area contributed by atoms with Gasteiger partial charge in [0.1, 0.15) is 0 Å². The molecule has 0 radical (unpaired) electrons. The van der Waals surface area contributed by atoms with Gasteiger partial charge in [-0.05, 0) is 43.9 Å². The highest BCUT2D eigenvalue weighted by atomic mass is 16.1. The largest absolute Gasteiger partial charge is 0.369 e. The average molecular weight is 264 g/mol. The maximum Gasteiger partial charge on any atom is 0.224 e. The molecule has 1 atom stereocenters. The maximum absolute atomic E-state index is 11.8. The first-order valence-corrected chi connectivity index (χ1v) is 8.20. The van der Waals surface area contributed by atoms with Crippen molar-refractivity contribution in [3.8, 4) is 0 Å². The SMILES string of the molecule is NC(=O)C1(CNC2CCCC23CCCC3)CCCC1. The molecule has 0 aromatic heterocycles. The van der Waals surface area contributed by atoms with Crippen LogP contribution in [0.25, 0.3) is 0 Å². The van der Waals surface area contributed by atoms with E-state index >= 15 is 0 Å². The number of nitrogens with one attached hydrogen (secondary N) is 1. The van der Waals surface area contributed by atoms with Crippen molar-refractivity contribution < 1.29 is 4.79 Å². The predicted octanol–water partition coefficient (Wildman–Crippen LogP) is 2.73. The topological polar surface area (TPSA) is 55.1 Å². The van der Waals surface area contributed by atoms with Crippen LogP contribution >= 0.6 is 0 Å². The molecule has 3 aliphatic rings. The molecule has 108 valence electrons. The van der Waals surface area contributed by atoms with Crippen molar-refractivity contribution in [2.45, 2.75) is 76.7 Å². The number of amides is 1. The summed E-state index contributed by atoms with van der Waals surface area (Å²) in [6.45, 7) is 0.828. The lowest BCUT2D eigenvalue weighted by atomic mass is 9.79. The fourth-order valence-electron chi connectivity index (χ4n) is 5.02. The first kappa shape index (κ1) is 13.4. The van der Waals surface area contributed by atoms with Crippen LogP contribution in [0, 0.1) is 10.8 Å². The van der Waals surface area contributed by atoms with Gasteiger partial charge >= 0.3 is 0 Å². The lowest BCUT2D eigenvalue weighted by molar-refractivity contribution is -0.127. The van der Waals surface area contributed by atoms with Crippen molar-refractivity contribution in [3.05, 3.63) is 0 Å². The van der Waals surface area contributed by atoms with E-state index in [1.165, 1.54) is 57.8 Å². The molecule has 1 spiro atoms. The summed E-state index contributed by atoms with van der Waals surface area (Å²) in [5, 5.41) is 3.78. The Kier molecular flexibility index (Phi) is 3.59. The van der Waals surface area contributed by atoms with Gasteiger partial charge in [-0.1, -0.05) is 32.1 Å². The van der Waals surface area contributed by atoms with Crippen LogP contribution < -0.4 is 11.1 Å². The second-order valence-electron chi connectivity index (χ2n) is 7.25. The normalized spacial score (nSPS) is 32.1. The van der Waals surface area contributed by atoms with Crippen LogP contribution in [0.3, 0.4) is 0 Å². The summed E-state index contributed by atoms with van der Waals surface area (Å²) in [5.41, 5.74) is 6.02. The Bertz CT molecular complexity index is 335. The second-order valence-corrected chi connectivity index (χ2v) is 7.25. The number of carbonyl (C=O) groups is 1. The van der Waals surface area contributed by atoms with Gasteiger partial charge in [-0.25, -0.2) is 0 Å². The van der Waals surface area contributed by atoms with Crippen molar-refractivity contribution >= 4 is 5.91 Å². The fourth-order valence-corrected chi connectivity index (χ4v) is 5.02. The molecule has 3 rings (SSSR count). The third kappa shape index (κ3) is 2.31. The molecule has 0 saturated heterocycles. The van der Waals surface area contributed by atoms with Gasteiger partial charge in [0.15, 0.2) is 0 Å². The molecule has 3 nitrogen and oxygen atoms in total. The van der Waals surface area contributed by atoms with Crippen LogP contribution in [0.4, 0.5) is 0 Å². The molecule has 3 saturated carbocycles. The van der Waals surface area contributed by atoms with E-state index in [0.29, 0.717) is 11.5 Å². The van der Waals surface area contributed by atoms with Gasteiger partial charge in [0.05, 0.1) is 5.41 Å². The van der Waals surface area contributed by atoms with Gasteiger partial charge in [0.25, 0.3) is 0 Å². The first-order chi connectivity index (χ1) is 9.17. The summed E-state index contributed by atoms with van der Waals surface area (Å²) in [6.07, 6.45) is 14.0. The Morgan fingerprint density at radius 2 is 1.58 bits per heavy atom. The molecule has 0 aliphatic heterocycles. The van der Waals surface area contributed by atoms with Crippen molar-refractivity contribution in [1.29, 1.82) is 0 Å². The number of hydrogen-bond donors (Lipinski definition) is 2. The van der Waals surface area contributed by atoms with Gasteiger partial charge in [0, 0.05) is 12.6 Å². The Morgan fingerprint density at radius 1 is 1.00 bits per heavy atom. The highest BCUT2D eigenvalue weighted by Gasteiger charge is 2.46. The first-order valence-electron chi connectivity index (χ1n) is 8.20. The van der Waals surface area contributed by atoms with Gasteiger partial charge < -0.3 is 11.1 Å². The van der Waals surface area contributed by atoms with Crippen molar-refractivity contribution in [1.82, 2.24) is 5.32 Å². The molecule has 0 heterocycles. The van der Waals surface area contributed by atoms with Crippen LogP contribution in [0.2, 0.25) is 0 Å². The van der Waals surface area contributed by atoms with Gasteiger partial charge in [-0.15, -0.1) is 0 Å². The molecule has 3 N–H and O–H groups in total. The molecular weight excluding hydrogens is 236 g/mol. The van der Waals surface area contributed by atoms with Crippen molar-refractivity contribution in [2.24, 2.45) is 16.6 Å². The summed E-state index contributed by atoms with van der Waals surface area (Å²) in [7, 11) is 0. The summed E-state index contributed by atoms with van der Waals surface area (Å²) in [6, 6.07) is 0.645. The Hall–Kier alpha value is -0.570. The molecule has 0 bridgehead atoms. The monoisotopic (exact) mass is 264 g/mol. The Morgan fingerprint density at radius 3 is 2.21 bits per heavy atom. The van der Waals surface area contributed by atoms with Gasteiger partial charge in [0.2, 0.25) is 5.91 Å². The zero-order valence-corrected chi connectivity index (χ0v) is 12.0. The summed E-state index contributed by atoms with van der Waals surface area (Å²) < 4.78 is 0. The molecule has 1 amide bonds. The molecule has 0 aromatic carbocycles. The van der Waals surface area contributed by atoms with E-state index in [2.05, 4.69) is 5.32 Å². The minimum Gasteiger partial charge on any atom is -0.369 e. The van der Waals surface area contributed by atoms with Crippen LogP contribution in [0.15, 0.2) is 0 Å². The van der Waals surface area contributed by atoms with Crippen molar-refractivity contribution in [2.75, 3.05) is 6.54 Å². The molecule has 3 heteroatoms. The van der Waals surface area contributed by atoms with Crippen LogP contribution in [-0.2, 0) is 4.79 Å². The maximum atomic E-state index is 11.8. The third-order valence-corrected chi connectivity index (χ3v) is 6.28. The van der Waals surface area contributed by atoms with Crippen LogP contribution in [0.5, 0.6) is 0 Å². The molecule has 0 aromatic rings. The average Bonchev–Trinajstić information content (AvgIpc) is 3.11. The molecule has 3 fully saturated rings. The minimum absolute atomic E-state index is 0.0732. The zero-order chi connectivity index (χ0) is 13.3. The predicted molar refractivity (Wildman–Crippen MR) is 76.6 cm³/mol. The number of nitrogens with two attached hydrogens (primary N) is 1. The Balaban J connectivity index is 1.63. The van der Waals surface area contributed by atoms with E-state index in [4.69, 9.17) is 5.73 Å². The number of rotatable bonds is 4.